The number of aromatic nitrogens is 2. The fourth-order valence-electron chi connectivity index (χ4n) is 2.72. The van der Waals surface area contributed by atoms with Crippen LogP contribution in [0.1, 0.15) is 13.3 Å². The highest BCUT2D eigenvalue weighted by atomic mass is 16.5. The number of fused-ring (bicyclic) bond motifs is 1. The molecule has 0 saturated heterocycles. The predicted octanol–water partition coefficient (Wildman–Crippen LogP) is 3.57. The summed E-state index contributed by atoms with van der Waals surface area (Å²) in [6, 6.07) is 13.2. The molecule has 0 fully saturated rings. The highest BCUT2D eigenvalue weighted by Crippen LogP contribution is 2.29. The van der Waals surface area contributed by atoms with Crippen molar-refractivity contribution in [2.45, 2.75) is 19.4 Å². The molecule has 0 amide bonds. The van der Waals surface area contributed by atoms with Gasteiger partial charge in [-0.2, -0.15) is 4.98 Å². The number of hydrogen-bond acceptors (Lipinski definition) is 7. The molecular formula is C20H24N4O3. The van der Waals surface area contributed by atoms with E-state index in [1.165, 1.54) is 0 Å². The molecule has 1 aromatic heterocycles. The Morgan fingerprint density at radius 2 is 1.74 bits per heavy atom. The van der Waals surface area contributed by atoms with Crippen LogP contribution in [-0.2, 0) is 0 Å². The van der Waals surface area contributed by atoms with Crippen molar-refractivity contribution in [3.63, 3.8) is 0 Å². The molecular weight excluding hydrogens is 344 g/mol. The summed E-state index contributed by atoms with van der Waals surface area (Å²) in [7, 11) is 3.21. The lowest BCUT2D eigenvalue weighted by Crippen LogP contribution is -2.23. The van der Waals surface area contributed by atoms with Gasteiger partial charge >= 0.3 is 0 Å². The number of methoxy groups -OCH3 is 2. The fourth-order valence-corrected chi connectivity index (χ4v) is 2.72. The van der Waals surface area contributed by atoms with E-state index in [4.69, 9.17) is 9.47 Å². The second-order valence-electron chi connectivity index (χ2n) is 6.07. The molecule has 0 bridgehead atoms. The summed E-state index contributed by atoms with van der Waals surface area (Å²) in [6.07, 6.45) is 0.782. The number of para-hydroxylation sites is 1. The minimum absolute atomic E-state index is 0.0324. The third-order valence-corrected chi connectivity index (χ3v) is 4.26. The van der Waals surface area contributed by atoms with Gasteiger partial charge in [-0.05, 0) is 18.6 Å². The van der Waals surface area contributed by atoms with Gasteiger partial charge in [0, 0.05) is 29.3 Å². The molecule has 3 aromatic rings. The molecule has 0 aliphatic carbocycles. The SMILES string of the molecule is CCC(CO)Nc1nc(Nc2cc(OC)cc(OC)c2)nc2ccccc12. The molecule has 142 valence electrons. The third kappa shape index (κ3) is 4.38. The van der Waals surface area contributed by atoms with Gasteiger partial charge in [0.15, 0.2) is 0 Å². The normalized spacial score (nSPS) is 11.9. The summed E-state index contributed by atoms with van der Waals surface area (Å²) in [6.45, 7) is 2.05. The Morgan fingerprint density at radius 3 is 2.37 bits per heavy atom. The van der Waals surface area contributed by atoms with E-state index in [1.807, 2.05) is 43.3 Å². The number of anilines is 3. The molecule has 1 atom stereocenters. The summed E-state index contributed by atoms with van der Waals surface area (Å²) in [5.41, 5.74) is 1.56. The van der Waals surface area contributed by atoms with Crippen LogP contribution in [0.25, 0.3) is 10.9 Å². The van der Waals surface area contributed by atoms with Gasteiger partial charge in [-0.25, -0.2) is 4.98 Å². The van der Waals surface area contributed by atoms with E-state index in [0.29, 0.717) is 23.3 Å². The second kappa shape index (κ2) is 8.55. The summed E-state index contributed by atoms with van der Waals surface area (Å²) >= 11 is 0. The van der Waals surface area contributed by atoms with Gasteiger partial charge in [-0.15, -0.1) is 0 Å². The quantitative estimate of drug-likeness (QED) is 0.560. The Bertz CT molecular complexity index is 891. The van der Waals surface area contributed by atoms with Crippen LogP contribution in [0.4, 0.5) is 17.5 Å². The third-order valence-electron chi connectivity index (χ3n) is 4.26. The summed E-state index contributed by atoms with van der Waals surface area (Å²) in [5.74, 6) is 2.46. The van der Waals surface area contributed by atoms with Crippen LogP contribution < -0.4 is 20.1 Å². The lowest BCUT2D eigenvalue weighted by atomic mass is 10.2. The molecule has 0 aliphatic heterocycles. The molecule has 7 nitrogen and oxygen atoms in total. The van der Waals surface area contributed by atoms with Crippen molar-refractivity contribution in [3.8, 4) is 11.5 Å². The first-order valence-electron chi connectivity index (χ1n) is 8.81. The van der Waals surface area contributed by atoms with Gasteiger partial charge in [0.1, 0.15) is 17.3 Å². The molecule has 0 spiro atoms. The Hall–Kier alpha value is -3.06. The Labute approximate surface area is 158 Å². The van der Waals surface area contributed by atoms with Crippen LogP contribution in [0.2, 0.25) is 0 Å². The van der Waals surface area contributed by atoms with Crippen LogP contribution in [0.15, 0.2) is 42.5 Å². The molecule has 0 saturated carbocycles. The second-order valence-corrected chi connectivity index (χ2v) is 6.07. The lowest BCUT2D eigenvalue weighted by molar-refractivity contribution is 0.271. The van der Waals surface area contributed by atoms with Crippen molar-refractivity contribution in [1.82, 2.24) is 9.97 Å². The number of nitrogens with zero attached hydrogens (tertiary/aromatic N) is 2. The number of benzene rings is 2. The predicted molar refractivity (Wildman–Crippen MR) is 107 cm³/mol. The number of ether oxygens (including phenoxy) is 2. The van der Waals surface area contributed by atoms with Crippen LogP contribution in [0.3, 0.4) is 0 Å². The zero-order valence-corrected chi connectivity index (χ0v) is 15.7. The van der Waals surface area contributed by atoms with Gasteiger partial charge in [-0.3, -0.25) is 0 Å². The minimum Gasteiger partial charge on any atom is -0.497 e. The molecule has 1 heterocycles. The highest BCUT2D eigenvalue weighted by Gasteiger charge is 2.12. The van der Waals surface area contributed by atoms with E-state index in [9.17, 15) is 5.11 Å². The average Bonchev–Trinajstić information content (AvgIpc) is 2.71. The first-order chi connectivity index (χ1) is 13.2. The van der Waals surface area contributed by atoms with Crippen molar-refractivity contribution >= 4 is 28.4 Å². The van der Waals surface area contributed by atoms with E-state index in [2.05, 4.69) is 20.6 Å². The molecule has 2 aromatic carbocycles. The minimum atomic E-state index is -0.0759. The van der Waals surface area contributed by atoms with Crippen LogP contribution in [0, 0.1) is 0 Å². The van der Waals surface area contributed by atoms with Crippen molar-refractivity contribution in [1.29, 1.82) is 0 Å². The number of aliphatic hydroxyl groups is 1. The highest BCUT2D eigenvalue weighted by molar-refractivity contribution is 5.90. The number of aliphatic hydroxyl groups excluding tert-OH is 1. The standard InChI is InChI=1S/C20H24N4O3/c1-4-13(12-25)21-19-17-7-5-6-8-18(17)23-20(24-19)22-14-9-15(26-2)11-16(10-14)27-3/h5-11,13,25H,4,12H2,1-3H3,(H2,21,22,23,24). The molecule has 27 heavy (non-hydrogen) atoms. The average molecular weight is 368 g/mol. The van der Waals surface area contributed by atoms with Gasteiger partial charge < -0.3 is 25.2 Å². The van der Waals surface area contributed by atoms with Crippen molar-refractivity contribution in [2.24, 2.45) is 0 Å². The molecule has 0 aliphatic rings. The van der Waals surface area contributed by atoms with E-state index in [-0.39, 0.29) is 12.6 Å². The largest absolute Gasteiger partial charge is 0.497 e. The number of rotatable bonds is 8. The Balaban J connectivity index is 1.99. The Kier molecular flexibility index (Phi) is 5.93. The van der Waals surface area contributed by atoms with E-state index < -0.39 is 0 Å². The smallest absolute Gasteiger partial charge is 0.229 e. The maximum Gasteiger partial charge on any atom is 0.229 e. The van der Waals surface area contributed by atoms with Crippen LogP contribution >= 0.6 is 0 Å². The first-order valence-corrected chi connectivity index (χ1v) is 8.81. The van der Waals surface area contributed by atoms with Gasteiger partial charge in [0.25, 0.3) is 0 Å². The van der Waals surface area contributed by atoms with Crippen molar-refractivity contribution in [3.05, 3.63) is 42.5 Å². The summed E-state index contributed by atoms with van der Waals surface area (Å²) in [4.78, 5) is 9.21. The van der Waals surface area contributed by atoms with Crippen molar-refractivity contribution in [2.75, 3.05) is 31.5 Å². The van der Waals surface area contributed by atoms with Gasteiger partial charge in [0.05, 0.1) is 32.4 Å². The van der Waals surface area contributed by atoms with Gasteiger partial charge in [-0.1, -0.05) is 19.1 Å². The Morgan fingerprint density at radius 1 is 1.04 bits per heavy atom. The number of hydrogen-bond donors (Lipinski definition) is 3. The number of nitrogens with one attached hydrogen (secondary N) is 2. The van der Waals surface area contributed by atoms with Crippen molar-refractivity contribution < 1.29 is 14.6 Å². The van der Waals surface area contributed by atoms with E-state index >= 15 is 0 Å². The fraction of sp³-hybridized carbons (Fsp3) is 0.300. The maximum absolute atomic E-state index is 9.53. The molecule has 3 N–H and O–H groups in total. The summed E-state index contributed by atoms with van der Waals surface area (Å²) < 4.78 is 10.6. The molecule has 0 radical (unpaired) electrons. The lowest BCUT2D eigenvalue weighted by Gasteiger charge is -2.17. The molecule has 7 heteroatoms. The van der Waals surface area contributed by atoms with E-state index in [0.717, 1.165) is 23.0 Å². The van der Waals surface area contributed by atoms with Crippen LogP contribution in [0.5, 0.6) is 11.5 Å². The maximum atomic E-state index is 9.53. The summed E-state index contributed by atoms with van der Waals surface area (Å²) in [5, 5.41) is 16.9. The first kappa shape index (κ1) is 18.7. The van der Waals surface area contributed by atoms with Gasteiger partial charge in [0.2, 0.25) is 5.95 Å². The van der Waals surface area contributed by atoms with Crippen LogP contribution in [-0.4, -0.2) is 41.9 Å². The monoisotopic (exact) mass is 368 g/mol. The zero-order valence-electron chi connectivity index (χ0n) is 15.7. The molecule has 3 rings (SSSR count). The molecule has 1 unspecified atom stereocenters. The zero-order chi connectivity index (χ0) is 19.2. The van der Waals surface area contributed by atoms with E-state index in [1.54, 1.807) is 20.3 Å². The topological polar surface area (TPSA) is 88.5 Å².